The number of carbonyl (C=O) groups excluding carboxylic acids is 1. The molecule has 2 rings (SSSR count). The van der Waals surface area contributed by atoms with Crippen LogP contribution in [0.15, 0.2) is 22.6 Å². The maximum atomic E-state index is 13.0. The Labute approximate surface area is 108 Å². The lowest BCUT2D eigenvalue weighted by Gasteiger charge is -2.04. The molecule has 19 heavy (non-hydrogen) atoms. The van der Waals surface area contributed by atoms with Gasteiger partial charge in [0.2, 0.25) is 0 Å². The van der Waals surface area contributed by atoms with Crippen LogP contribution in [-0.4, -0.2) is 10.9 Å². The molecule has 0 fully saturated rings. The Kier molecular flexibility index (Phi) is 3.59. The number of nitrogens with one attached hydrogen (secondary N) is 1. The first-order chi connectivity index (χ1) is 8.97. The van der Waals surface area contributed by atoms with Crippen LogP contribution >= 0.6 is 0 Å². The number of carbonyl (C=O) groups is 1. The lowest BCUT2D eigenvalue weighted by atomic mass is 10.2. The van der Waals surface area contributed by atoms with Gasteiger partial charge < -0.3 is 9.73 Å². The van der Waals surface area contributed by atoms with Gasteiger partial charge in [0.15, 0.2) is 17.5 Å². The summed E-state index contributed by atoms with van der Waals surface area (Å²) in [4.78, 5) is 15.8. The predicted octanol–water partition coefficient (Wildman–Crippen LogP) is 2.50. The second-order valence-corrected chi connectivity index (χ2v) is 4.05. The molecule has 1 heterocycles. The fraction of sp³-hybridized carbons (Fsp3) is 0.231. The van der Waals surface area contributed by atoms with Gasteiger partial charge in [-0.3, -0.25) is 4.79 Å². The van der Waals surface area contributed by atoms with Crippen LogP contribution in [-0.2, 0) is 6.54 Å². The third-order valence-electron chi connectivity index (χ3n) is 2.59. The second-order valence-electron chi connectivity index (χ2n) is 4.05. The van der Waals surface area contributed by atoms with Gasteiger partial charge in [0.25, 0.3) is 5.91 Å². The molecule has 1 aromatic heterocycles. The van der Waals surface area contributed by atoms with Gasteiger partial charge in [-0.05, 0) is 25.1 Å². The Bertz CT molecular complexity index is 623. The predicted molar refractivity (Wildman–Crippen MR) is 63.5 cm³/mol. The zero-order chi connectivity index (χ0) is 14.0. The van der Waals surface area contributed by atoms with E-state index in [1.54, 1.807) is 13.8 Å². The Balaban J connectivity index is 2.05. The molecule has 0 aliphatic heterocycles. The average Bonchev–Trinajstić information content (AvgIpc) is 2.68. The number of hydrogen-bond acceptors (Lipinski definition) is 3. The Hall–Kier alpha value is -2.24. The molecule has 0 radical (unpaired) electrons. The summed E-state index contributed by atoms with van der Waals surface area (Å²) >= 11 is 0. The van der Waals surface area contributed by atoms with E-state index in [1.165, 1.54) is 6.07 Å². The molecule has 0 unspecified atom stereocenters. The summed E-state index contributed by atoms with van der Waals surface area (Å²) in [5.74, 6) is -1.51. The maximum absolute atomic E-state index is 13.0. The van der Waals surface area contributed by atoms with Crippen LogP contribution in [0.2, 0.25) is 0 Å². The van der Waals surface area contributed by atoms with Crippen LogP contribution in [0.3, 0.4) is 0 Å². The molecular formula is C13H12F2N2O2. The summed E-state index contributed by atoms with van der Waals surface area (Å²) in [6, 6.07) is 2.98. The third kappa shape index (κ3) is 2.96. The first kappa shape index (κ1) is 13.2. The van der Waals surface area contributed by atoms with E-state index in [4.69, 9.17) is 4.42 Å². The van der Waals surface area contributed by atoms with E-state index in [0.29, 0.717) is 17.3 Å². The van der Waals surface area contributed by atoms with E-state index in [9.17, 15) is 13.6 Å². The number of nitrogens with zero attached hydrogens (tertiary/aromatic N) is 1. The smallest absolute Gasteiger partial charge is 0.251 e. The molecular weight excluding hydrogens is 254 g/mol. The summed E-state index contributed by atoms with van der Waals surface area (Å²) in [7, 11) is 0. The topological polar surface area (TPSA) is 55.1 Å². The first-order valence-electron chi connectivity index (χ1n) is 5.63. The van der Waals surface area contributed by atoms with Crippen LogP contribution in [0.5, 0.6) is 0 Å². The normalized spacial score (nSPS) is 10.5. The summed E-state index contributed by atoms with van der Waals surface area (Å²) in [6.07, 6.45) is 0. The van der Waals surface area contributed by atoms with Gasteiger partial charge >= 0.3 is 0 Å². The Morgan fingerprint density at radius 1 is 1.32 bits per heavy atom. The van der Waals surface area contributed by atoms with Crippen molar-refractivity contribution in [3.05, 3.63) is 52.7 Å². The van der Waals surface area contributed by atoms with Crippen molar-refractivity contribution in [3.63, 3.8) is 0 Å². The highest BCUT2D eigenvalue weighted by molar-refractivity contribution is 5.94. The van der Waals surface area contributed by atoms with Gasteiger partial charge in [0.1, 0.15) is 5.76 Å². The number of benzene rings is 1. The highest BCUT2D eigenvalue weighted by Gasteiger charge is 2.12. The largest absolute Gasteiger partial charge is 0.444 e. The number of rotatable bonds is 3. The third-order valence-corrected chi connectivity index (χ3v) is 2.59. The standard InChI is InChI=1S/C13H12F2N2O2/c1-7-12(19-8(2)17-7)6-16-13(18)9-3-4-10(14)11(15)5-9/h3-5H,6H2,1-2H3,(H,16,18). The molecule has 0 saturated heterocycles. The van der Waals surface area contributed by atoms with Crippen LogP contribution < -0.4 is 5.32 Å². The second kappa shape index (κ2) is 5.17. The fourth-order valence-corrected chi connectivity index (χ4v) is 1.64. The average molecular weight is 266 g/mol. The minimum Gasteiger partial charge on any atom is -0.444 e. The molecule has 0 saturated carbocycles. The van der Waals surface area contributed by atoms with E-state index in [1.807, 2.05) is 0 Å². The minimum atomic E-state index is -1.06. The van der Waals surface area contributed by atoms with E-state index >= 15 is 0 Å². The summed E-state index contributed by atoms with van der Waals surface area (Å²) in [6.45, 7) is 3.60. The lowest BCUT2D eigenvalue weighted by Crippen LogP contribution is -2.23. The van der Waals surface area contributed by atoms with Crippen molar-refractivity contribution in [1.82, 2.24) is 10.3 Å². The molecule has 0 atom stereocenters. The van der Waals surface area contributed by atoms with Crippen molar-refractivity contribution in [3.8, 4) is 0 Å². The molecule has 0 bridgehead atoms. The molecule has 100 valence electrons. The van der Waals surface area contributed by atoms with E-state index in [2.05, 4.69) is 10.3 Å². The van der Waals surface area contributed by atoms with Gasteiger partial charge in [-0.2, -0.15) is 0 Å². The quantitative estimate of drug-likeness (QED) is 0.928. The van der Waals surface area contributed by atoms with E-state index < -0.39 is 17.5 Å². The summed E-state index contributed by atoms with van der Waals surface area (Å²) in [5.41, 5.74) is 0.732. The molecule has 2 aromatic rings. The highest BCUT2D eigenvalue weighted by Crippen LogP contribution is 2.11. The van der Waals surface area contributed by atoms with Crippen LogP contribution in [0.25, 0.3) is 0 Å². The Morgan fingerprint density at radius 3 is 2.63 bits per heavy atom. The van der Waals surface area contributed by atoms with Crippen molar-refractivity contribution in [2.75, 3.05) is 0 Å². The zero-order valence-corrected chi connectivity index (χ0v) is 10.5. The molecule has 0 aliphatic carbocycles. The number of aryl methyl sites for hydroxylation is 2. The molecule has 1 aromatic carbocycles. The zero-order valence-electron chi connectivity index (χ0n) is 10.5. The van der Waals surface area contributed by atoms with Crippen molar-refractivity contribution >= 4 is 5.91 Å². The van der Waals surface area contributed by atoms with Crippen molar-refractivity contribution < 1.29 is 18.0 Å². The van der Waals surface area contributed by atoms with Crippen LogP contribution in [0.1, 0.15) is 27.7 Å². The number of halogens is 2. The number of amides is 1. The number of aromatic nitrogens is 1. The highest BCUT2D eigenvalue weighted by atomic mass is 19.2. The summed E-state index contributed by atoms with van der Waals surface area (Å²) in [5, 5.41) is 2.55. The van der Waals surface area contributed by atoms with Gasteiger partial charge in [-0.25, -0.2) is 13.8 Å². The van der Waals surface area contributed by atoms with Gasteiger partial charge in [0.05, 0.1) is 12.2 Å². The summed E-state index contributed by atoms with van der Waals surface area (Å²) < 4.78 is 31.0. The maximum Gasteiger partial charge on any atom is 0.251 e. The van der Waals surface area contributed by atoms with Crippen molar-refractivity contribution in [2.24, 2.45) is 0 Å². The van der Waals surface area contributed by atoms with Gasteiger partial charge in [-0.1, -0.05) is 0 Å². The minimum absolute atomic E-state index is 0.0489. The molecule has 6 heteroatoms. The van der Waals surface area contributed by atoms with Gasteiger partial charge in [-0.15, -0.1) is 0 Å². The SMILES string of the molecule is Cc1nc(C)c(CNC(=O)c2ccc(F)c(F)c2)o1. The van der Waals surface area contributed by atoms with Crippen LogP contribution in [0.4, 0.5) is 8.78 Å². The fourth-order valence-electron chi connectivity index (χ4n) is 1.64. The molecule has 0 aliphatic rings. The van der Waals surface area contributed by atoms with Crippen molar-refractivity contribution in [2.45, 2.75) is 20.4 Å². The van der Waals surface area contributed by atoms with Gasteiger partial charge in [0, 0.05) is 12.5 Å². The first-order valence-corrected chi connectivity index (χ1v) is 5.63. The molecule has 1 N–H and O–H groups in total. The van der Waals surface area contributed by atoms with Crippen LogP contribution in [0, 0.1) is 25.5 Å². The molecule has 0 spiro atoms. The number of hydrogen-bond donors (Lipinski definition) is 1. The molecule has 4 nitrogen and oxygen atoms in total. The number of oxazole rings is 1. The van der Waals surface area contributed by atoms with Crippen molar-refractivity contribution in [1.29, 1.82) is 0 Å². The van der Waals surface area contributed by atoms with E-state index in [0.717, 1.165) is 12.1 Å². The lowest BCUT2D eigenvalue weighted by molar-refractivity contribution is 0.0947. The molecule has 1 amide bonds. The van der Waals surface area contributed by atoms with E-state index in [-0.39, 0.29) is 12.1 Å². The Morgan fingerprint density at radius 2 is 2.05 bits per heavy atom. The monoisotopic (exact) mass is 266 g/mol.